The van der Waals surface area contributed by atoms with Crippen molar-refractivity contribution in [3.8, 4) is 5.69 Å². The molecule has 0 atom stereocenters. The summed E-state index contributed by atoms with van der Waals surface area (Å²) in [5.41, 5.74) is 3.65. The lowest BCUT2D eigenvalue weighted by molar-refractivity contribution is -0.385. The number of hydrogen-bond donors (Lipinski definition) is 0. The van der Waals surface area contributed by atoms with Gasteiger partial charge in [-0.1, -0.05) is 6.07 Å². The van der Waals surface area contributed by atoms with E-state index in [1.807, 2.05) is 24.5 Å². The minimum Gasteiger partial charge on any atom is -0.318 e. The van der Waals surface area contributed by atoms with E-state index in [0.29, 0.717) is 16.8 Å². The molecule has 1 heterocycles. The summed E-state index contributed by atoms with van der Waals surface area (Å²) in [7, 11) is 0. The van der Waals surface area contributed by atoms with E-state index in [0.717, 1.165) is 17.7 Å². The van der Waals surface area contributed by atoms with Gasteiger partial charge in [0.25, 0.3) is 5.69 Å². The molecule has 19 heavy (non-hydrogen) atoms. The molecule has 0 bridgehead atoms. The Bertz CT molecular complexity index is 672. The van der Waals surface area contributed by atoms with Crippen LogP contribution in [0.4, 0.5) is 5.69 Å². The number of nitrogens with zero attached hydrogens (tertiary/aromatic N) is 2. The summed E-state index contributed by atoms with van der Waals surface area (Å²) in [5, 5.41) is 11.0. The molecule has 5 nitrogen and oxygen atoms in total. The molecule has 5 heteroatoms. The molecule has 0 aliphatic carbocycles. The average Bonchev–Trinajstić information content (AvgIpc) is 2.65. The molecule has 2 rings (SSSR count). The number of benzene rings is 1. The number of rotatable bonds is 3. The third-order valence-corrected chi connectivity index (χ3v) is 3.24. The van der Waals surface area contributed by atoms with Crippen LogP contribution in [-0.2, 0) is 0 Å². The molecule has 1 aromatic heterocycles. The van der Waals surface area contributed by atoms with Gasteiger partial charge in [-0.25, -0.2) is 0 Å². The molecule has 0 saturated heterocycles. The van der Waals surface area contributed by atoms with E-state index in [2.05, 4.69) is 0 Å². The van der Waals surface area contributed by atoms with E-state index >= 15 is 0 Å². The van der Waals surface area contributed by atoms with Gasteiger partial charge in [0.15, 0.2) is 6.29 Å². The zero-order valence-electron chi connectivity index (χ0n) is 11.0. The maximum Gasteiger partial charge on any atom is 0.274 e. The van der Waals surface area contributed by atoms with Gasteiger partial charge in [0, 0.05) is 28.6 Å². The number of aromatic nitrogens is 1. The SMILES string of the molecule is Cc1ccc(-n2c(C)cc(C=O)c2C)cc1[N+](=O)[O-]. The third kappa shape index (κ3) is 2.14. The van der Waals surface area contributed by atoms with Crippen molar-refractivity contribution in [2.75, 3.05) is 0 Å². The predicted molar refractivity (Wildman–Crippen MR) is 72.0 cm³/mol. The van der Waals surface area contributed by atoms with Crippen LogP contribution < -0.4 is 0 Å². The molecule has 0 aliphatic heterocycles. The molecule has 0 radical (unpaired) electrons. The molecule has 2 aromatic rings. The lowest BCUT2D eigenvalue weighted by Gasteiger charge is -2.10. The Balaban J connectivity index is 2.66. The molecule has 98 valence electrons. The first-order chi connectivity index (χ1) is 8.95. The minimum atomic E-state index is -0.395. The summed E-state index contributed by atoms with van der Waals surface area (Å²) in [6, 6.07) is 6.84. The number of carbonyl (C=O) groups is 1. The van der Waals surface area contributed by atoms with Crippen molar-refractivity contribution in [2.24, 2.45) is 0 Å². The van der Waals surface area contributed by atoms with Crippen molar-refractivity contribution < 1.29 is 9.72 Å². The van der Waals surface area contributed by atoms with Gasteiger partial charge in [-0.2, -0.15) is 0 Å². The monoisotopic (exact) mass is 258 g/mol. The molecule has 0 amide bonds. The summed E-state index contributed by atoms with van der Waals surface area (Å²) in [6.45, 7) is 5.39. The van der Waals surface area contributed by atoms with Gasteiger partial charge in [0.1, 0.15) is 0 Å². The van der Waals surface area contributed by atoms with Crippen molar-refractivity contribution in [3.05, 3.63) is 56.9 Å². The largest absolute Gasteiger partial charge is 0.318 e. The second-order valence-electron chi connectivity index (χ2n) is 4.51. The molecule has 0 aliphatic rings. The zero-order valence-corrected chi connectivity index (χ0v) is 11.0. The van der Waals surface area contributed by atoms with Crippen LogP contribution in [-0.4, -0.2) is 15.8 Å². The fraction of sp³-hybridized carbons (Fsp3) is 0.214. The highest BCUT2D eigenvalue weighted by Gasteiger charge is 2.15. The second-order valence-corrected chi connectivity index (χ2v) is 4.51. The van der Waals surface area contributed by atoms with E-state index < -0.39 is 4.92 Å². The Morgan fingerprint density at radius 3 is 2.42 bits per heavy atom. The molecule has 1 aromatic carbocycles. The quantitative estimate of drug-likeness (QED) is 0.482. The van der Waals surface area contributed by atoms with Gasteiger partial charge in [-0.15, -0.1) is 0 Å². The highest BCUT2D eigenvalue weighted by molar-refractivity contribution is 5.77. The summed E-state index contributed by atoms with van der Waals surface area (Å²) in [6.07, 6.45) is 0.793. The third-order valence-electron chi connectivity index (χ3n) is 3.24. The Morgan fingerprint density at radius 1 is 1.21 bits per heavy atom. The number of aldehydes is 1. The number of nitro benzene ring substituents is 1. The van der Waals surface area contributed by atoms with Crippen molar-refractivity contribution in [2.45, 2.75) is 20.8 Å². The van der Waals surface area contributed by atoms with Crippen LogP contribution in [0.2, 0.25) is 0 Å². The predicted octanol–water partition coefficient (Wildman–Crippen LogP) is 3.12. The van der Waals surface area contributed by atoms with Crippen LogP contribution in [0.5, 0.6) is 0 Å². The van der Waals surface area contributed by atoms with E-state index in [1.54, 1.807) is 19.1 Å². The smallest absolute Gasteiger partial charge is 0.274 e. The van der Waals surface area contributed by atoms with E-state index in [9.17, 15) is 14.9 Å². The minimum absolute atomic E-state index is 0.0812. The molecular formula is C14H14N2O3. The average molecular weight is 258 g/mol. The van der Waals surface area contributed by atoms with Crippen LogP contribution in [0.25, 0.3) is 5.69 Å². The molecular weight excluding hydrogens is 244 g/mol. The molecule has 0 spiro atoms. The first-order valence-electron chi connectivity index (χ1n) is 5.85. The van der Waals surface area contributed by atoms with Gasteiger partial charge < -0.3 is 4.57 Å². The highest BCUT2D eigenvalue weighted by Crippen LogP contribution is 2.25. The number of aryl methyl sites for hydroxylation is 2. The topological polar surface area (TPSA) is 65.1 Å². The molecule has 0 fully saturated rings. The van der Waals surface area contributed by atoms with E-state index in [4.69, 9.17) is 0 Å². The fourth-order valence-corrected chi connectivity index (χ4v) is 2.24. The van der Waals surface area contributed by atoms with Crippen LogP contribution in [0.3, 0.4) is 0 Å². The lowest BCUT2D eigenvalue weighted by atomic mass is 10.2. The maximum atomic E-state index is 11.0. The fourth-order valence-electron chi connectivity index (χ4n) is 2.24. The summed E-state index contributed by atoms with van der Waals surface area (Å²) in [5.74, 6) is 0. The number of nitro groups is 1. The van der Waals surface area contributed by atoms with Gasteiger partial charge in [-0.05, 0) is 32.9 Å². The van der Waals surface area contributed by atoms with Crippen molar-refractivity contribution in [1.29, 1.82) is 0 Å². The summed E-state index contributed by atoms with van der Waals surface area (Å²) in [4.78, 5) is 21.5. The zero-order chi connectivity index (χ0) is 14.2. The molecule has 0 saturated carbocycles. The van der Waals surface area contributed by atoms with Crippen molar-refractivity contribution in [3.63, 3.8) is 0 Å². The van der Waals surface area contributed by atoms with Crippen LogP contribution in [0.15, 0.2) is 24.3 Å². The van der Waals surface area contributed by atoms with Crippen LogP contribution >= 0.6 is 0 Å². The Kier molecular flexibility index (Phi) is 3.21. The summed E-state index contributed by atoms with van der Waals surface area (Å²) >= 11 is 0. The van der Waals surface area contributed by atoms with Gasteiger partial charge in [-0.3, -0.25) is 14.9 Å². The standard InChI is InChI=1S/C14H14N2O3/c1-9-4-5-13(7-14(9)16(18)19)15-10(2)6-12(8-17)11(15)3/h4-8H,1-3H3. The second kappa shape index (κ2) is 4.68. The Labute approximate surface area is 110 Å². The Morgan fingerprint density at radius 2 is 1.89 bits per heavy atom. The van der Waals surface area contributed by atoms with Crippen molar-refractivity contribution in [1.82, 2.24) is 4.57 Å². The summed E-state index contributed by atoms with van der Waals surface area (Å²) < 4.78 is 1.84. The first kappa shape index (κ1) is 13.0. The van der Waals surface area contributed by atoms with Crippen LogP contribution in [0, 0.1) is 30.9 Å². The first-order valence-corrected chi connectivity index (χ1v) is 5.85. The normalized spacial score (nSPS) is 10.5. The van der Waals surface area contributed by atoms with E-state index in [1.165, 1.54) is 6.07 Å². The van der Waals surface area contributed by atoms with Crippen molar-refractivity contribution >= 4 is 12.0 Å². The number of carbonyl (C=O) groups excluding carboxylic acids is 1. The highest BCUT2D eigenvalue weighted by atomic mass is 16.6. The van der Waals surface area contributed by atoms with Gasteiger partial charge in [0.05, 0.1) is 10.6 Å². The number of hydrogen-bond acceptors (Lipinski definition) is 3. The van der Waals surface area contributed by atoms with Gasteiger partial charge in [0.2, 0.25) is 0 Å². The van der Waals surface area contributed by atoms with E-state index in [-0.39, 0.29) is 5.69 Å². The molecule has 0 N–H and O–H groups in total. The Hall–Kier alpha value is -2.43. The maximum absolute atomic E-state index is 11.0. The van der Waals surface area contributed by atoms with Crippen LogP contribution in [0.1, 0.15) is 27.3 Å². The van der Waals surface area contributed by atoms with Gasteiger partial charge >= 0.3 is 0 Å². The molecule has 0 unspecified atom stereocenters. The lowest BCUT2D eigenvalue weighted by Crippen LogP contribution is -2.01.